The first-order chi connectivity index (χ1) is 5.70. The number of halogens is 1. The van der Waals surface area contributed by atoms with E-state index in [1.807, 2.05) is 0 Å². The van der Waals surface area contributed by atoms with Crippen LogP contribution in [0.25, 0.3) is 0 Å². The van der Waals surface area contributed by atoms with Crippen molar-refractivity contribution < 1.29 is 5.11 Å². The van der Waals surface area contributed by atoms with Gasteiger partial charge in [0.1, 0.15) is 5.75 Å². The summed E-state index contributed by atoms with van der Waals surface area (Å²) in [6, 6.07) is 3.22. The molecule has 0 fully saturated rings. The third-order valence-corrected chi connectivity index (χ3v) is 2.51. The van der Waals surface area contributed by atoms with E-state index < -0.39 is 0 Å². The summed E-state index contributed by atoms with van der Waals surface area (Å²) < 4.78 is 0. The van der Waals surface area contributed by atoms with E-state index in [0.29, 0.717) is 22.7 Å². The molecule has 2 nitrogen and oxygen atoms in total. The second-order valence-electron chi connectivity index (χ2n) is 2.90. The lowest BCUT2D eigenvalue weighted by molar-refractivity contribution is 0.474. The van der Waals surface area contributed by atoms with Crippen molar-refractivity contribution in [1.29, 1.82) is 5.41 Å². The fourth-order valence-electron chi connectivity index (χ4n) is 1.57. The van der Waals surface area contributed by atoms with Crippen molar-refractivity contribution in [3.05, 3.63) is 28.3 Å². The first kappa shape index (κ1) is 7.62. The monoisotopic (exact) mass is 181 g/mol. The zero-order chi connectivity index (χ0) is 8.72. The molecule has 1 aromatic rings. The largest absolute Gasteiger partial charge is 0.507 e. The molecule has 0 saturated carbocycles. The van der Waals surface area contributed by atoms with Gasteiger partial charge < -0.3 is 10.5 Å². The van der Waals surface area contributed by atoms with Crippen LogP contribution in [0, 0.1) is 5.41 Å². The number of aromatic hydroxyl groups is 1. The van der Waals surface area contributed by atoms with Gasteiger partial charge in [-0.25, -0.2) is 0 Å². The first-order valence-corrected chi connectivity index (χ1v) is 4.16. The average molecular weight is 182 g/mol. The minimum Gasteiger partial charge on any atom is -0.507 e. The molecule has 0 amide bonds. The Morgan fingerprint density at radius 2 is 2.08 bits per heavy atom. The van der Waals surface area contributed by atoms with Crippen molar-refractivity contribution in [1.82, 2.24) is 0 Å². The Morgan fingerprint density at radius 1 is 1.33 bits per heavy atom. The molecule has 0 heterocycles. The van der Waals surface area contributed by atoms with Crippen LogP contribution in [0.15, 0.2) is 12.1 Å². The highest BCUT2D eigenvalue weighted by molar-refractivity contribution is 6.32. The van der Waals surface area contributed by atoms with Crippen LogP contribution in [0.2, 0.25) is 5.02 Å². The molecule has 0 unspecified atom stereocenters. The molecule has 0 bridgehead atoms. The predicted molar refractivity (Wildman–Crippen MR) is 48.3 cm³/mol. The average Bonchev–Trinajstić information content (AvgIpc) is 2.42. The highest BCUT2D eigenvalue weighted by Crippen LogP contribution is 2.34. The molecule has 0 spiro atoms. The summed E-state index contributed by atoms with van der Waals surface area (Å²) in [7, 11) is 0. The zero-order valence-electron chi connectivity index (χ0n) is 6.39. The van der Waals surface area contributed by atoms with E-state index >= 15 is 0 Å². The Bertz CT molecular complexity index is 360. The number of phenolic OH excluding ortho intramolecular Hbond substituents is 1. The van der Waals surface area contributed by atoms with Crippen molar-refractivity contribution >= 4 is 17.3 Å². The van der Waals surface area contributed by atoms with Crippen LogP contribution < -0.4 is 0 Å². The molecule has 2 rings (SSSR count). The van der Waals surface area contributed by atoms with Crippen LogP contribution in [-0.4, -0.2) is 10.8 Å². The minimum absolute atomic E-state index is 0.178. The van der Waals surface area contributed by atoms with E-state index in [0.717, 1.165) is 12.0 Å². The summed E-state index contributed by atoms with van der Waals surface area (Å²) >= 11 is 5.90. The van der Waals surface area contributed by atoms with Gasteiger partial charge in [-0.1, -0.05) is 11.6 Å². The van der Waals surface area contributed by atoms with Gasteiger partial charge in [-0.2, -0.15) is 0 Å². The summed E-state index contributed by atoms with van der Waals surface area (Å²) in [5.41, 5.74) is 2.05. The third-order valence-electron chi connectivity index (χ3n) is 2.16. The molecule has 0 radical (unpaired) electrons. The van der Waals surface area contributed by atoms with Crippen LogP contribution in [0.3, 0.4) is 0 Å². The van der Waals surface area contributed by atoms with Gasteiger partial charge in [-0.05, 0) is 30.5 Å². The molecule has 0 aromatic heterocycles. The molecule has 12 heavy (non-hydrogen) atoms. The zero-order valence-corrected chi connectivity index (χ0v) is 7.15. The van der Waals surface area contributed by atoms with E-state index in [9.17, 15) is 5.11 Å². The van der Waals surface area contributed by atoms with Gasteiger partial charge in [0, 0.05) is 16.3 Å². The Balaban J connectivity index is 2.72. The van der Waals surface area contributed by atoms with E-state index in [4.69, 9.17) is 17.0 Å². The van der Waals surface area contributed by atoms with Gasteiger partial charge >= 0.3 is 0 Å². The molecule has 1 aliphatic rings. The number of phenols is 1. The maximum atomic E-state index is 9.43. The van der Waals surface area contributed by atoms with Crippen molar-refractivity contribution in [3.63, 3.8) is 0 Å². The molecular weight excluding hydrogens is 174 g/mol. The predicted octanol–water partition coefficient (Wildman–Crippen LogP) is 2.36. The lowest BCUT2D eigenvalue weighted by atomic mass is 10.1. The summed E-state index contributed by atoms with van der Waals surface area (Å²) in [4.78, 5) is 0. The highest BCUT2D eigenvalue weighted by atomic mass is 35.5. The second-order valence-corrected chi connectivity index (χ2v) is 3.31. The Kier molecular flexibility index (Phi) is 1.58. The van der Waals surface area contributed by atoms with Crippen molar-refractivity contribution in [2.45, 2.75) is 12.8 Å². The Morgan fingerprint density at radius 3 is 2.75 bits per heavy atom. The number of hydrogen-bond donors (Lipinski definition) is 2. The Hall–Kier alpha value is -1.02. The molecular formula is C9H8ClNO. The van der Waals surface area contributed by atoms with Crippen LogP contribution in [0.5, 0.6) is 5.75 Å². The van der Waals surface area contributed by atoms with Gasteiger partial charge in [0.15, 0.2) is 0 Å². The fraction of sp³-hybridized carbons (Fsp3) is 0.222. The molecule has 2 N–H and O–H groups in total. The van der Waals surface area contributed by atoms with Crippen molar-refractivity contribution in [2.75, 3.05) is 0 Å². The minimum atomic E-state index is 0.178. The molecule has 0 aliphatic heterocycles. The maximum absolute atomic E-state index is 9.43. The van der Waals surface area contributed by atoms with Gasteiger partial charge in [-0.15, -0.1) is 0 Å². The van der Waals surface area contributed by atoms with Gasteiger partial charge in [0.05, 0.1) is 0 Å². The SMILES string of the molecule is N=C1CCc2c(Cl)ccc(O)c21. The number of nitrogens with one attached hydrogen (secondary N) is 1. The number of benzene rings is 1. The first-order valence-electron chi connectivity index (χ1n) is 3.78. The summed E-state index contributed by atoms with van der Waals surface area (Å²) in [5.74, 6) is 0.178. The molecule has 3 heteroatoms. The van der Waals surface area contributed by atoms with E-state index in [1.54, 1.807) is 12.1 Å². The maximum Gasteiger partial charge on any atom is 0.124 e. The molecule has 1 aromatic carbocycles. The molecule has 1 aliphatic carbocycles. The van der Waals surface area contributed by atoms with Gasteiger partial charge in [0.25, 0.3) is 0 Å². The molecule has 62 valence electrons. The van der Waals surface area contributed by atoms with Crippen LogP contribution in [-0.2, 0) is 6.42 Å². The standard InChI is InChI=1S/C9H8ClNO/c10-6-2-4-8(12)9-5(6)1-3-7(9)11/h2,4,11-12H,1,3H2. The molecule has 0 atom stereocenters. The number of hydrogen-bond acceptors (Lipinski definition) is 2. The lowest BCUT2D eigenvalue weighted by Gasteiger charge is -2.03. The number of fused-ring (bicyclic) bond motifs is 1. The lowest BCUT2D eigenvalue weighted by Crippen LogP contribution is -1.91. The van der Waals surface area contributed by atoms with Gasteiger partial charge in [-0.3, -0.25) is 0 Å². The van der Waals surface area contributed by atoms with Crippen LogP contribution in [0.1, 0.15) is 17.5 Å². The van der Waals surface area contributed by atoms with Gasteiger partial charge in [0.2, 0.25) is 0 Å². The molecule has 0 saturated heterocycles. The van der Waals surface area contributed by atoms with E-state index in [-0.39, 0.29) is 5.75 Å². The third kappa shape index (κ3) is 0.916. The van der Waals surface area contributed by atoms with Crippen molar-refractivity contribution in [2.24, 2.45) is 0 Å². The summed E-state index contributed by atoms with van der Waals surface area (Å²) in [6.07, 6.45) is 1.47. The van der Waals surface area contributed by atoms with Crippen molar-refractivity contribution in [3.8, 4) is 5.75 Å². The quantitative estimate of drug-likeness (QED) is 0.634. The smallest absolute Gasteiger partial charge is 0.124 e. The topological polar surface area (TPSA) is 44.1 Å². The van der Waals surface area contributed by atoms with Crippen LogP contribution in [0.4, 0.5) is 0 Å². The Labute approximate surface area is 75.3 Å². The van der Waals surface area contributed by atoms with Crippen LogP contribution >= 0.6 is 11.6 Å². The van der Waals surface area contributed by atoms with E-state index in [1.165, 1.54) is 0 Å². The highest BCUT2D eigenvalue weighted by Gasteiger charge is 2.21. The van der Waals surface area contributed by atoms with E-state index in [2.05, 4.69) is 0 Å². The fourth-order valence-corrected chi connectivity index (χ4v) is 1.82. The second kappa shape index (κ2) is 2.49. The normalized spacial score (nSPS) is 14.9. The summed E-state index contributed by atoms with van der Waals surface area (Å²) in [5, 5.41) is 17.6. The number of rotatable bonds is 0. The summed E-state index contributed by atoms with van der Waals surface area (Å²) in [6.45, 7) is 0.